The maximum Gasteiger partial charge on any atom is 0.282 e. The van der Waals surface area contributed by atoms with E-state index in [1.54, 1.807) is 43.3 Å². The number of non-ortho nitro benzene ring substituents is 1. The number of nitrogens with one attached hydrogen (secondary N) is 1. The van der Waals surface area contributed by atoms with E-state index in [1.165, 1.54) is 38.5 Å². The lowest BCUT2D eigenvalue weighted by atomic mass is 10.0. The lowest BCUT2D eigenvalue weighted by molar-refractivity contribution is -0.384. The van der Waals surface area contributed by atoms with E-state index in [0.29, 0.717) is 28.4 Å². The molecule has 0 fully saturated rings. The van der Waals surface area contributed by atoms with E-state index in [9.17, 15) is 19.7 Å². The molecule has 0 radical (unpaired) electrons. The zero-order chi connectivity index (χ0) is 24.4. The molecule has 172 valence electrons. The van der Waals surface area contributed by atoms with Crippen molar-refractivity contribution < 1.29 is 24.0 Å². The molecule has 0 saturated heterocycles. The molecule has 1 aliphatic heterocycles. The third kappa shape index (κ3) is 3.95. The summed E-state index contributed by atoms with van der Waals surface area (Å²) in [6.45, 7) is 1.80. The van der Waals surface area contributed by atoms with Crippen molar-refractivity contribution in [3.63, 3.8) is 0 Å². The van der Waals surface area contributed by atoms with Crippen LogP contribution in [0.1, 0.15) is 11.1 Å². The molecule has 0 bridgehead atoms. The summed E-state index contributed by atoms with van der Waals surface area (Å²) in [5.74, 6) is -0.144. The summed E-state index contributed by atoms with van der Waals surface area (Å²) in [4.78, 5) is 38.8. The molecular weight excluding hydrogens is 438 g/mol. The van der Waals surface area contributed by atoms with Crippen LogP contribution in [0.25, 0.3) is 5.57 Å². The fourth-order valence-electron chi connectivity index (χ4n) is 3.74. The summed E-state index contributed by atoms with van der Waals surface area (Å²) in [6, 6.07) is 17.6. The number of hydrogen-bond acceptors (Lipinski definition) is 7. The second kappa shape index (κ2) is 9.07. The van der Waals surface area contributed by atoms with Gasteiger partial charge in [-0.1, -0.05) is 18.2 Å². The van der Waals surface area contributed by atoms with Gasteiger partial charge in [0.15, 0.2) is 0 Å². The highest BCUT2D eigenvalue weighted by Gasteiger charge is 2.41. The van der Waals surface area contributed by atoms with Gasteiger partial charge >= 0.3 is 0 Å². The number of rotatable bonds is 7. The average Bonchev–Trinajstić information content (AvgIpc) is 3.08. The number of para-hydroxylation sites is 1. The number of nitrogens with zero attached hydrogens (tertiary/aromatic N) is 2. The first-order chi connectivity index (χ1) is 16.3. The third-order valence-corrected chi connectivity index (χ3v) is 5.47. The highest BCUT2D eigenvalue weighted by Crippen LogP contribution is 2.38. The molecule has 3 aromatic carbocycles. The minimum absolute atomic E-state index is 0.0219. The second-order valence-corrected chi connectivity index (χ2v) is 7.48. The van der Waals surface area contributed by atoms with Crippen molar-refractivity contribution in [3.05, 3.63) is 93.7 Å². The Morgan fingerprint density at radius 3 is 2.24 bits per heavy atom. The summed E-state index contributed by atoms with van der Waals surface area (Å²) in [7, 11) is 3.00. The molecule has 9 nitrogen and oxygen atoms in total. The molecule has 1 aliphatic rings. The molecule has 1 N–H and O–H groups in total. The van der Waals surface area contributed by atoms with Crippen molar-refractivity contribution in [2.24, 2.45) is 0 Å². The van der Waals surface area contributed by atoms with Gasteiger partial charge in [-0.3, -0.25) is 19.7 Å². The first-order valence-corrected chi connectivity index (χ1v) is 10.3. The second-order valence-electron chi connectivity index (χ2n) is 7.48. The third-order valence-electron chi connectivity index (χ3n) is 5.47. The lowest BCUT2D eigenvalue weighted by Crippen LogP contribution is -2.33. The van der Waals surface area contributed by atoms with Crippen molar-refractivity contribution >= 4 is 34.4 Å². The van der Waals surface area contributed by atoms with Crippen LogP contribution in [0.5, 0.6) is 11.5 Å². The maximum atomic E-state index is 13.6. The van der Waals surface area contributed by atoms with Gasteiger partial charge in [-0.25, -0.2) is 4.90 Å². The van der Waals surface area contributed by atoms with E-state index < -0.39 is 16.7 Å². The number of nitro groups is 1. The normalized spacial score (nSPS) is 13.3. The topological polar surface area (TPSA) is 111 Å². The standard InChI is InChI=1S/C25H21N3O6/c1-15-6-4-5-7-20(15)27-24(29)22(16-8-10-17(11-9-16)28(31)32)23(25(27)30)26-19-14-18(33-2)12-13-21(19)34-3/h4-14,26H,1-3H3. The van der Waals surface area contributed by atoms with Crippen LogP contribution in [0.15, 0.2) is 72.4 Å². The number of amides is 2. The van der Waals surface area contributed by atoms with Crippen molar-refractivity contribution in [1.82, 2.24) is 0 Å². The number of imide groups is 1. The zero-order valence-electron chi connectivity index (χ0n) is 18.7. The number of methoxy groups -OCH3 is 2. The van der Waals surface area contributed by atoms with Crippen LogP contribution in [-0.2, 0) is 9.59 Å². The quantitative estimate of drug-likeness (QED) is 0.318. The van der Waals surface area contributed by atoms with E-state index in [2.05, 4.69) is 5.32 Å². The number of aryl methyl sites for hydroxylation is 1. The van der Waals surface area contributed by atoms with E-state index in [4.69, 9.17) is 9.47 Å². The summed E-state index contributed by atoms with van der Waals surface area (Å²) in [5, 5.41) is 14.1. The molecule has 3 aromatic rings. The van der Waals surface area contributed by atoms with Gasteiger partial charge in [0.1, 0.15) is 17.2 Å². The Kier molecular flexibility index (Phi) is 6.01. The van der Waals surface area contributed by atoms with Gasteiger partial charge in [0.25, 0.3) is 17.5 Å². The first-order valence-electron chi connectivity index (χ1n) is 10.3. The van der Waals surface area contributed by atoms with Crippen molar-refractivity contribution in [2.75, 3.05) is 24.4 Å². The van der Waals surface area contributed by atoms with Gasteiger partial charge in [0, 0.05) is 18.2 Å². The predicted molar refractivity (Wildman–Crippen MR) is 127 cm³/mol. The van der Waals surface area contributed by atoms with Gasteiger partial charge in [-0.15, -0.1) is 0 Å². The van der Waals surface area contributed by atoms with E-state index in [1.807, 2.05) is 6.07 Å². The van der Waals surface area contributed by atoms with Crippen molar-refractivity contribution in [2.45, 2.75) is 6.92 Å². The largest absolute Gasteiger partial charge is 0.497 e. The number of benzene rings is 3. The first kappa shape index (κ1) is 22.5. The molecule has 0 atom stereocenters. The molecule has 34 heavy (non-hydrogen) atoms. The molecule has 2 amide bonds. The van der Waals surface area contributed by atoms with Gasteiger partial charge in [-0.2, -0.15) is 0 Å². The van der Waals surface area contributed by atoms with Crippen LogP contribution in [0.3, 0.4) is 0 Å². The smallest absolute Gasteiger partial charge is 0.282 e. The van der Waals surface area contributed by atoms with Gasteiger partial charge in [-0.05, 0) is 48.4 Å². The molecular formula is C25H21N3O6. The SMILES string of the molecule is COc1ccc(OC)c(NC2=C(c3ccc([N+](=O)[O-])cc3)C(=O)N(c3ccccc3C)C2=O)c1. The number of nitro benzene ring substituents is 1. The van der Waals surface area contributed by atoms with Crippen LogP contribution in [0.4, 0.5) is 17.1 Å². The maximum absolute atomic E-state index is 13.6. The minimum Gasteiger partial charge on any atom is -0.497 e. The van der Waals surface area contributed by atoms with Crippen LogP contribution in [0.2, 0.25) is 0 Å². The molecule has 0 saturated carbocycles. The summed E-state index contributed by atoms with van der Waals surface area (Å²) in [6.07, 6.45) is 0. The molecule has 0 aromatic heterocycles. The Bertz CT molecular complexity index is 1330. The average molecular weight is 459 g/mol. The number of ether oxygens (including phenoxy) is 2. The molecule has 9 heteroatoms. The van der Waals surface area contributed by atoms with Crippen LogP contribution >= 0.6 is 0 Å². The minimum atomic E-state index is -0.558. The van der Waals surface area contributed by atoms with Crippen molar-refractivity contribution in [1.29, 1.82) is 0 Å². The molecule has 0 aliphatic carbocycles. The molecule has 1 heterocycles. The Balaban J connectivity index is 1.87. The number of hydrogen-bond donors (Lipinski definition) is 1. The number of carbonyl (C=O) groups is 2. The van der Waals surface area contributed by atoms with Gasteiger partial charge in [0.05, 0.1) is 36.1 Å². The van der Waals surface area contributed by atoms with Crippen molar-refractivity contribution in [3.8, 4) is 11.5 Å². The van der Waals surface area contributed by atoms with E-state index >= 15 is 0 Å². The monoisotopic (exact) mass is 459 g/mol. The Morgan fingerprint density at radius 2 is 1.62 bits per heavy atom. The van der Waals surface area contributed by atoms with Crippen LogP contribution in [0, 0.1) is 17.0 Å². The highest BCUT2D eigenvalue weighted by molar-refractivity contribution is 6.46. The summed E-state index contributed by atoms with van der Waals surface area (Å²) in [5.41, 5.74) is 1.97. The molecule has 0 unspecified atom stereocenters. The molecule has 0 spiro atoms. The highest BCUT2D eigenvalue weighted by atomic mass is 16.6. The van der Waals surface area contributed by atoms with Gasteiger partial charge in [0.2, 0.25) is 0 Å². The molecule has 4 rings (SSSR count). The predicted octanol–water partition coefficient (Wildman–Crippen LogP) is 4.32. The fourth-order valence-corrected chi connectivity index (χ4v) is 3.74. The van der Waals surface area contributed by atoms with E-state index in [-0.39, 0.29) is 17.0 Å². The summed E-state index contributed by atoms with van der Waals surface area (Å²) >= 11 is 0. The van der Waals surface area contributed by atoms with Crippen LogP contribution < -0.4 is 19.7 Å². The fraction of sp³-hybridized carbons (Fsp3) is 0.120. The Hall–Kier alpha value is -4.66. The number of carbonyl (C=O) groups excluding carboxylic acids is 2. The van der Waals surface area contributed by atoms with Gasteiger partial charge < -0.3 is 14.8 Å². The number of anilines is 2. The Morgan fingerprint density at radius 1 is 0.912 bits per heavy atom. The Labute approximate surface area is 195 Å². The van der Waals surface area contributed by atoms with Crippen LogP contribution in [-0.4, -0.2) is 31.0 Å². The summed E-state index contributed by atoms with van der Waals surface area (Å²) < 4.78 is 10.7. The lowest BCUT2D eigenvalue weighted by Gasteiger charge is -2.18. The van der Waals surface area contributed by atoms with E-state index in [0.717, 1.165) is 10.5 Å². The zero-order valence-corrected chi connectivity index (χ0v) is 18.7.